The molecular formula is C20H17N3O2S2. The molecule has 27 heavy (non-hydrogen) atoms. The van der Waals surface area contributed by atoms with Crippen molar-refractivity contribution in [3.8, 4) is 11.8 Å². The molecule has 1 N–H and O–H groups in total. The molecule has 2 heterocycles. The molecule has 0 spiro atoms. The number of nitriles is 1. The Morgan fingerprint density at radius 2 is 2.19 bits per heavy atom. The van der Waals surface area contributed by atoms with Crippen molar-refractivity contribution in [2.24, 2.45) is 0 Å². The molecule has 3 aromatic rings. The molecule has 0 aliphatic rings. The molecule has 1 amide bonds. The van der Waals surface area contributed by atoms with Gasteiger partial charge in [-0.1, -0.05) is 19.1 Å². The Morgan fingerprint density at radius 3 is 2.81 bits per heavy atom. The molecule has 0 atom stereocenters. The van der Waals surface area contributed by atoms with E-state index < -0.39 is 5.91 Å². The number of hydrogen-bond donors (Lipinski definition) is 1. The minimum absolute atomic E-state index is 0.0773. The lowest BCUT2D eigenvalue weighted by Crippen LogP contribution is -2.33. The molecule has 7 heteroatoms. The highest BCUT2D eigenvalue weighted by molar-refractivity contribution is 7.08. The van der Waals surface area contributed by atoms with Crippen molar-refractivity contribution in [2.75, 3.05) is 7.05 Å². The summed E-state index contributed by atoms with van der Waals surface area (Å²) < 4.78 is 2.26. The first-order valence-electron chi connectivity index (χ1n) is 8.30. The first-order valence-corrected chi connectivity index (χ1v) is 10.1. The van der Waals surface area contributed by atoms with E-state index in [1.54, 1.807) is 6.08 Å². The van der Waals surface area contributed by atoms with Gasteiger partial charge < -0.3 is 5.32 Å². The molecule has 2 aromatic heterocycles. The third-order valence-electron chi connectivity index (χ3n) is 4.02. The van der Waals surface area contributed by atoms with Gasteiger partial charge in [-0.25, -0.2) is 0 Å². The molecule has 0 saturated carbocycles. The van der Waals surface area contributed by atoms with Crippen LogP contribution in [0.25, 0.3) is 17.3 Å². The Labute approximate surface area is 164 Å². The average Bonchev–Trinajstić information content (AvgIpc) is 3.31. The fourth-order valence-electron chi connectivity index (χ4n) is 2.63. The Morgan fingerprint density at radius 1 is 1.37 bits per heavy atom. The van der Waals surface area contributed by atoms with E-state index in [0.29, 0.717) is 14.9 Å². The highest BCUT2D eigenvalue weighted by Crippen LogP contribution is 2.10. The van der Waals surface area contributed by atoms with E-state index in [2.05, 4.69) is 5.32 Å². The lowest BCUT2D eigenvalue weighted by atomic mass is 10.1. The largest absolute Gasteiger partial charge is 0.354 e. The number of carbonyl (C=O) groups is 1. The summed E-state index contributed by atoms with van der Waals surface area (Å²) in [6, 6.07) is 11.4. The SMILES string of the molecule is CCc1cccc(-n2c(=O)/c(=C\c3ccsc3)s/c2=C(/C#N)C(=O)NC)c1. The van der Waals surface area contributed by atoms with Crippen molar-refractivity contribution in [2.45, 2.75) is 13.3 Å². The van der Waals surface area contributed by atoms with Gasteiger partial charge >= 0.3 is 0 Å². The van der Waals surface area contributed by atoms with Crippen molar-refractivity contribution < 1.29 is 4.79 Å². The van der Waals surface area contributed by atoms with Crippen LogP contribution in [0.15, 0.2) is 45.9 Å². The van der Waals surface area contributed by atoms with E-state index in [9.17, 15) is 14.9 Å². The van der Waals surface area contributed by atoms with Crippen LogP contribution in [-0.2, 0) is 11.2 Å². The van der Waals surface area contributed by atoms with Gasteiger partial charge in [0.25, 0.3) is 11.5 Å². The molecule has 136 valence electrons. The number of thiazole rings is 1. The Bertz CT molecular complexity index is 1200. The zero-order valence-electron chi connectivity index (χ0n) is 14.9. The zero-order valence-corrected chi connectivity index (χ0v) is 16.5. The van der Waals surface area contributed by atoms with E-state index in [4.69, 9.17) is 0 Å². The first kappa shape index (κ1) is 18.8. The van der Waals surface area contributed by atoms with Crippen molar-refractivity contribution in [3.63, 3.8) is 0 Å². The van der Waals surface area contributed by atoms with Gasteiger partial charge in [0.15, 0.2) is 5.57 Å². The maximum Gasteiger partial charge on any atom is 0.273 e. The lowest BCUT2D eigenvalue weighted by molar-refractivity contribution is -0.115. The van der Waals surface area contributed by atoms with E-state index in [0.717, 1.165) is 28.9 Å². The molecule has 0 fully saturated rings. The summed E-state index contributed by atoms with van der Waals surface area (Å²) in [5.41, 5.74) is 2.31. The number of amides is 1. The molecule has 1 aromatic carbocycles. The van der Waals surface area contributed by atoms with Crippen molar-refractivity contribution in [3.05, 3.63) is 71.8 Å². The predicted octanol–water partition coefficient (Wildman–Crippen LogP) is 1.77. The summed E-state index contributed by atoms with van der Waals surface area (Å²) in [5.74, 6) is -0.513. The number of carbonyl (C=O) groups excluding carboxylic acids is 1. The minimum Gasteiger partial charge on any atom is -0.354 e. The summed E-state index contributed by atoms with van der Waals surface area (Å²) in [6.45, 7) is 2.03. The normalized spacial score (nSPS) is 12.6. The summed E-state index contributed by atoms with van der Waals surface area (Å²) in [7, 11) is 1.46. The second kappa shape index (κ2) is 8.16. The van der Waals surface area contributed by atoms with Gasteiger partial charge in [0.2, 0.25) is 0 Å². The van der Waals surface area contributed by atoms with Crippen molar-refractivity contribution in [1.29, 1.82) is 5.26 Å². The van der Waals surface area contributed by atoms with Crippen LogP contribution < -0.4 is 20.1 Å². The van der Waals surface area contributed by atoms with Crippen LogP contribution in [0.4, 0.5) is 0 Å². The predicted molar refractivity (Wildman–Crippen MR) is 110 cm³/mol. The third kappa shape index (κ3) is 3.77. The van der Waals surface area contributed by atoms with Gasteiger partial charge in [-0.2, -0.15) is 16.6 Å². The molecule has 0 unspecified atom stereocenters. The lowest BCUT2D eigenvalue weighted by Gasteiger charge is -2.05. The molecule has 5 nitrogen and oxygen atoms in total. The average molecular weight is 396 g/mol. The van der Waals surface area contributed by atoms with E-state index >= 15 is 0 Å². The molecule has 3 rings (SSSR count). The number of rotatable bonds is 4. The van der Waals surface area contributed by atoms with Crippen LogP contribution in [0.2, 0.25) is 0 Å². The molecule has 0 saturated heterocycles. The standard InChI is InChI=1S/C20H17N3O2S2/c1-3-13-5-4-6-15(9-13)23-19(25)17(10-14-7-8-26-12-14)27-20(23)16(11-21)18(24)22-2/h4-10,12H,3H2,1-2H3,(H,22,24)/b17-10+,20-16-. The Kier molecular flexibility index (Phi) is 5.69. The fourth-order valence-corrected chi connectivity index (χ4v) is 4.35. The number of nitrogens with one attached hydrogen (secondary N) is 1. The number of thiophene rings is 1. The van der Waals surface area contributed by atoms with Gasteiger partial charge in [0.05, 0.1) is 10.2 Å². The number of nitrogens with zero attached hydrogens (tertiary/aromatic N) is 2. The summed E-state index contributed by atoms with van der Waals surface area (Å²) in [5, 5.41) is 15.9. The highest BCUT2D eigenvalue weighted by atomic mass is 32.1. The minimum atomic E-state index is -0.513. The number of benzene rings is 1. The second-order valence-corrected chi connectivity index (χ2v) is 7.51. The van der Waals surface area contributed by atoms with Gasteiger partial charge in [0, 0.05) is 7.05 Å². The Balaban J connectivity index is 2.42. The van der Waals surface area contributed by atoms with E-state index in [1.165, 1.54) is 23.0 Å². The van der Waals surface area contributed by atoms with Crippen molar-refractivity contribution >= 4 is 40.2 Å². The monoisotopic (exact) mass is 395 g/mol. The van der Waals surface area contributed by atoms with Crippen LogP contribution in [0, 0.1) is 11.3 Å². The van der Waals surface area contributed by atoms with Gasteiger partial charge in [-0.05, 0) is 52.6 Å². The zero-order chi connectivity index (χ0) is 19.4. The molecule has 0 radical (unpaired) electrons. The smallest absolute Gasteiger partial charge is 0.273 e. The van der Waals surface area contributed by atoms with Crippen LogP contribution in [0.1, 0.15) is 18.1 Å². The number of aromatic nitrogens is 1. The summed E-state index contributed by atoms with van der Waals surface area (Å²) in [6.07, 6.45) is 2.60. The highest BCUT2D eigenvalue weighted by Gasteiger charge is 2.16. The van der Waals surface area contributed by atoms with E-state index in [1.807, 2.05) is 54.1 Å². The molecule has 0 bridgehead atoms. The maximum absolute atomic E-state index is 13.1. The Hall–Kier alpha value is -2.95. The van der Waals surface area contributed by atoms with Gasteiger partial charge in [-0.15, -0.1) is 11.3 Å². The third-order valence-corrected chi connectivity index (χ3v) is 5.82. The van der Waals surface area contributed by atoms with E-state index in [-0.39, 0.29) is 11.1 Å². The fraction of sp³-hybridized carbons (Fsp3) is 0.150. The van der Waals surface area contributed by atoms with Crippen LogP contribution in [-0.4, -0.2) is 17.5 Å². The van der Waals surface area contributed by atoms with Gasteiger partial charge in [-0.3, -0.25) is 14.2 Å². The molecule has 0 aliphatic carbocycles. The summed E-state index contributed by atoms with van der Waals surface area (Å²) in [4.78, 5) is 25.3. The van der Waals surface area contributed by atoms with Crippen molar-refractivity contribution in [1.82, 2.24) is 9.88 Å². The van der Waals surface area contributed by atoms with Crippen LogP contribution in [0.5, 0.6) is 0 Å². The molecular weight excluding hydrogens is 378 g/mol. The second-order valence-electron chi connectivity index (χ2n) is 5.70. The quantitative estimate of drug-likeness (QED) is 0.732. The molecule has 0 aliphatic heterocycles. The van der Waals surface area contributed by atoms with Gasteiger partial charge in [0.1, 0.15) is 10.7 Å². The first-order chi connectivity index (χ1) is 13.1. The maximum atomic E-state index is 13.1. The van der Waals surface area contributed by atoms with Crippen LogP contribution in [0.3, 0.4) is 0 Å². The van der Waals surface area contributed by atoms with Crippen LogP contribution >= 0.6 is 22.7 Å². The topological polar surface area (TPSA) is 74.9 Å². The number of aryl methyl sites for hydroxylation is 1. The summed E-state index contributed by atoms with van der Waals surface area (Å²) >= 11 is 2.69. The number of hydrogen-bond acceptors (Lipinski definition) is 5.